The van der Waals surface area contributed by atoms with E-state index in [4.69, 9.17) is 0 Å². The zero-order chi connectivity index (χ0) is 13.0. The molecule has 1 aliphatic rings. The van der Waals surface area contributed by atoms with Gasteiger partial charge in [-0.2, -0.15) is 0 Å². The fourth-order valence-corrected chi connectivity index (χ4v) is 2.94. The molecule has 2 atom stereocenters. The van der Waals surface area contributed by atoms with Crippen molar-refractivity contribution >= 4 is 0 Å². The average molecular weight is 250 g/mol. The van der Waals surface area contributed by atoms with Gasteiger partial charge in [-0.05, 0) is 50.6 Å². The van der Waals surface area contributed by atoms with Crippen molar-refractivity contribution in [2.45, 2.75) is 38.3 Å². The molecule has 1 heterocycles. The minimum atomic E-state index is -0.131. The van der Waals surface area contributed by atoms with Gasteiger partial charge in [-0.3, -0.25) is 4.90 Å². The van der Waals surface area contributed by atoms with Gasteiger partial charge >= 0.3 is 0 Å². The maximum atomic E-state index is 13.3. The van der Waals surface area contributed by atoms with Crippen LogP contribution < -0.4 is 5.32 Å². The zero-order valence-electron chi connectivity index (χ0n) is 11.3. The molecule has 1 aromatic rings. The van der Waals surface area contributed by atoms with Crippen molar-refractivity contribution in [3.8, 4) is 0 Å². The number of hydrogen-bond acceptors (Lipinski definition) is 2. The number of nitrogens with zero attached hydrogens (tertiary/aromatic N) is 1. The number of piperidine rings is 1. The summed E-state index contributed by atoms with van der Waals surface area (Å²) in [4.78, 5) is 2.49. The van der Waals surface area contributed by atoms with Gasteiger partial charge < -0.3 is 5.32 Å². The van der Waals surface area contributed by atoms with Crippen LogP contribution in [0.3, 0.4) is 0 Å². The van der Waals surface area contributed by atoms with Crippen LogP contribution in [0.5, 0.6) is 0 Å². The third-order valence-corrected chi connectivity index (χ3v) is 3.92. The Morgan fingerprint density at radius 1 is 1.50 bits per heavy atom. The molecule has 0 amide bonds. The molecule has 3 heteroatoms. The Labute approximate surface area is 109 Å². The van der Waals surface area contributed by atoms with Gasteiger partial charge in [-0.25, -0.2) is 4.39 Å². The van der Waals surface area contributed by atoms with E-state index in [1.165, 1.54) is 18.9 Å². The number of halogens is 1. The highest BCUT2D eigenvalue weighted by Gasteiger charge is 2.25. The number of rotatable bonds is 4. The highest BCUT2D eigenvalue weighted by atomic mass is 19.1. The summed E-state index contributed by atoms with van der Waals surface area (Å²) in [7, 11) is 2.03. The number of likely N-dealkylation sites (N-methyl/N-ethyl adjacent to an activating group) is 1. The number of benzene rings is 1. The minimum Gasteiger partial charge on any atom is -0.316 e. The third-order valence-electron chi connectivity index (χ3n) is 3.92. The number of nitrogens with one attached hydrogen (secondary N) is 1. The van der Waals surface area contributed by atoms with Gasteiger partial charge in [0.15, 0.2) is 0 Å². The Morgan fingerprint density at radius 3 is 3.00 bits per heavy atom. The lowest BCUT2D eigenvalue weighted by atomic mass is 9.98. The summed E-state index contributed by atoms with van der Waals surface area (Å²) in [5.74, 6) is -0.131. The van der Waals surface area contributed by atoms with Crippen molar-refractivity contribution in [1.82, 2.24) is 10.2 Å². The smallest absolute Gasteiger partial charge is 0.123 e. The molecule has 1 aliphatic heterocycles. The Bertz CT molecular complexity index is 381. The predicted octanol–water partition coefficient (Wildman–Crippen LogP) is 2.96. The maximum Gasteiger partial charge on any atom is 0.123 e. The summed E-state index contributed by atoms with van der Waals surface area (Å²) in [6.07, 6.45) is 3.49. The van der Waals surface area contributed by atoms with Gasteiger partial charge in [0.1, 0.15) is 5.82 Å². The highest BCUT2D eigenvalue weighted by molar-refractivity contribution is 5.20. The van der Waals surface area contributed by atoms with Crippen molar-refractivity contribution in [3.05, 3.63) is 35.6 Å². The second-order valence-corrected chi connectivity index (χ2v) is 5.10. The minimum absolute atomic E-state index is 0.131. The fraction of sp³-hybridized carbons (Fsp3) is 0.600. The molecule has 0 bridgehead atoms. The fourth-order valence-electron chi connectivity index (χ4n) is 2.94. The molecular weight excluding hydrogens is 227 g/mol. The number of hydrogen-bond donors (Lipinski definition) is 1. The molecule has 0 saturated carbocycles. The number of likely N-dealkylation sites (tertiary alicyclic amines) is 1. The van der Waals surface area contributed by atoms with E-state index in [9.17, 15) is 4.39 Å². The van der Waals surface area contributed by atoms with Gasteiger partial charge in [-0.1, -0.05) is 19.1 Å². The van der Waals surface area contributed by atoms with E-state index in [-0.39, 0.29) is 5.82 Å². The molecule has 0 radical (unpaired) electrons. The second kappa shape index (κ2) is 6.30. The molecule has 1 fully saturated rings. The molecule has 0 aromatic heterocycles. The van der Waals surface area contributed by atoms with Crippen molar-refractivity contribution in [3.63, 3.8) is 0 Å². The van der Waals surface area contributed by atoms with E-state index in [1.54, 1.807) is 6.07 Å². The van der Waals surface area contributed by atoms with Crippen LogP contribution in [0, 0.1) is 5.82 Å². The molecule has 18 heavy (non-hydrogen) atoms. The summed E-state index contributed by atoms with van der Waals surface area (Å²) in [6.45, 7) is 4.36. The van der Waals surface area contributed by atoms with Crippen LogP contribution in [0.1, 0.15) is 37.8 Å². The van der Waals surface area contributed by atoms with E-state index in [0.29, 0.717) is 12.1 Å². The predicted molar refractivity (Wildman–Crippen MR) is 73.1 cm³/mol. The highest BCUT2D eigenvalue weighted by Crippen LogP contribution is 2.27. The molecular formula is C15H23FN2. The lowest BCUT2D eigenvalue weighted by Crippen LogP contribution is -2.45. The van der Waals surface area contributed by atoms with Crippen molar-refractivity contribution < 1.29 is 4.39 Å². The van der Waals surface area contributed by atoms with Crippen LogP contribution in [-0.2, 0) is 0 Å². The van der Waals surface area contributed by atoms with Gasteiger partial charge in [0.25, 0.3) is 0 Å². The quantitative estimate of drug-likeness (QED) is 0.884. The second-order valence-electron chi connectivity index (χ2n) is 5.10. The Morgan fingerprint density at radius 2 is 2.33 bits per heavy atom. The van der Waals surface area contributed by atoms with Crippen LogP contribution >= 0.6 is 0 Å². The normalized spacial score (nSPS) is 22.9. The SMILES string of the molecule is CCC(c1cccc(F)c1)N1CCCC(NC)C1. The first-order chi connectivity index (χ1) is 8.74. The molecule has 1 aromatic carbocycles. The van der Waals surface area contributed by atoms with Crippen LogP contribution in [0.4, 0.5) is 4.39 Å². The Hall–Kier alpha value is -0.930. The van der Waals surface area contributed by atoms with Crippen molar-refractivity contribution in [2.75, 3.05) is 20.1 Å². The van der Waals surface area contributed by atoms with Gasteiger partial charge in [0.05, 0.1) is 0 Å². The summed E-state index contributed by atoms with van der Waals surface area (Å²) in [5.41, 5.74) is 1.11. The van der Waals surface area contributed by atoms with E-state index < -0.39 is 0 Å². The van der Waals surface area contributed by atoms with Gasteiger partial charge in [0.2, 0.25) is 0 Å². The summed E-state index contributed by atoms with van der Waals surface area (Å²) in [5, 5.41) is 3.36. The van der Waals surface area contributed by atoms with E-state index in [0.717, 1.165) is 25.1 Å². The molecule has 100 valence electrons. The summed E-state index contributed by atoms with van der Waals surface area (Å²) < 4.78 is 13.3. The van der Waals surface area contributed by atoms with Gasteiger partial charge in [0, 0.05) is 18.6 Å². The average Bonchev–Trinajstić information content (AvgIpc) is 2.40. The first-order valence-electron chi connectivity index (χ1n) is 6.91. The molecule has 2 nitrogen and oxygen atoms in total. The third kappa shape index (κ3) is 3.09. The first-order valence-corrected chi connectivity index (χ1v) is 6.91. The molecule has 2 rings (SSSR count). The van der Waals surface area contributed by atoms with Gasteiger partial charge in [-0.15, -0.1) is 0 Å². The van der Waals surface area contributed by atoms with E-state index in [1.807, 2.05) is 19.2 Å². The summed E-state index contributed by atoms with van der Waals surface area (Å²) >= 11 is 0. The van der Waals surface area contributed by atoms with Crippen LogP contribution in [0.15, 0.2) is 24.3 Å². The van der Waals surface area contributed by atoms with E-state index in [2.05, 4.69) is 17.1 Å². The molecule has 0 spiro atoms. The van der Waals surface area contributed by atoms with Crippen LogP contribution in [-0.4, -0.2) is 31.1 Å². The van der Waals surface area contributed by atoms with Crippen LogP contribution in [0.25, 0.3) is 0 Å². The molecule has 2 unspecified atom stereocenters. The van der Waals surface area contributed by atoms with Crippen molar-refractivity contribution in [2.24, 2.45) is 0 Å². The molecule has 0 aliphatic carbocycles. The lowest BCUT2D eigenvalue weighted by Gasteiger charge is -2.38. The lowest BCUT2D eigenvalue weighted by molar-refractivity contribution is 0.136. The molecule has 1 N–H and O–H groups in total. The Kier molecular flexibility index (Phi) is 4.72. The molecule has 1 saturated heterocycles. The largest absolute Gasteiger partial charge is 0.316 e. The first kappa shape index (κ1) is 13.5. The monoisotopic (exact) mass is 250 g/mol. The van der Waals surface area contributed by atoms with Crippen LogP contribution in [0.2, 0.25) is 0 Å². The summed E-state index contributed by atoms with van der Waals surface area (Å²) in [6, 6.07) is 7.96. The maximum absolute atomic E-state index is 13.3. The topological polar surface area (TPSA) is 15.3 Å². The van der Waals surface area contributed by atoms with E-state index >= 15 is 0 Å². The Balaban J connectivity index is 2.12. The zero-order valence-corrected chi connectivity index (χ0v) is 11.3. The standard InChI is InChI=1S/C15H23FN2/c1-3-15(12-6-4-7-13(16)10-12)18-9-5-8-14(11-18)17-2/h4,6-7,10,14-15,17H,3,5,8-9,11H2,1-2H3. The van der Waals surface area contributed by atoms with Crippen molar-refractivity contribution in [1.29, 1.82) is 0 Å².